The highest BCUT2D eigenvalue weighted by molar-refractivity contribution is 6.13. The van der Waals surface area contributed by atoms with Gasteiger partial charge in [-0.15, -0.1) is 0 Å². The maximum Gasteiger partial charge on any atom is 0.271 e. The summed E-state index contributed by atoms with van der Waals surface area (Å²) in [5.74, 6) is -0.476. The van der Waals surface area contributed by atoms with Gasteiger partial charge in [-0.1, -0.05) is 6.07 Å². The van der Waals surface area contributed by atoms with Crippen LogP contribution in [0.5, 0.6) is 0 Å². The summed E-state index contributed by atoms with van der Waals surface area (Å²) < 4.78 is 0. The van der Waals surface area contributed by atoms with Gasteiger partial charge in [-0.3, -0.25) is 25.0 Å². The summed E-state index contributed by atoms with van der Waals surface area (Å²) in [5.41, 5.74) is 0.794. The van der Waals surface area contributed by atoms with Crippen molar-refractivity contribution < 1.29 is 14.6 Å². The number of carbonyl (C=O) groups excluding carboxylic acids is 1. The van der Waals surface area contributed by atoms with Crippen molar-refractivity contribution in [3.63, 3.8) is 0 Å². The smallest absolute Gasteiger partial charge is 0.271 e. The number of nitro benzene ring substituents is 2. The SMILES string of the molecule is O=C(Nc1cccc([N+](=O)[O-])c1)c1c[nH]c2cc([N+](=O)[O-])ccc12. The number of aromatic nitrogens is 1. The summed E-state index contributed by atoms with van der Waals surface area (Å²) in [6.45, 7) is 0. The molecule has 9 heteroatoms. The number of hydrogen-bond donors (Lipinski definition) is 2. The van der Waals surface area contributed by atoms with Gasteiger partial charge in [0.1, 0.15) is 0 Å². The van der Waals surface area contributed by atoms with E-state index in [2.05, 4.69) is 10.3 Å². The van der Waals surface area contributed by atoms with Crippen LogP contribution in [-0.4, -0.2) is 20.7 Å². The predicted octanol–water partition coefficient (Wildman–Crippen LogP) is 3.24. The Kier molecular flexibility index (Phi) is 3.66. The van der Waals surface area contributed by atoms with Crippen molar-refractivity contribution in [2.24, 2.45) is 0 Å². The van der Waals surface area contributed by atoms with Gasteiger partial charge in [0.25, 0.3) is 17.3 Å². The number of aromatic amines is 1. The number of benzene rings is 2. The van der Waals surface area contributed by atoms with E-state index in [1.54, 1.807) is 0 Å². The molecule has 1 amide bonds. The maximum atomic E-state index is 12.4. The molecule has 0 unspecified atom stereocenters. The second kappa shape index (κ2) is 5.80. The molecular formula is C15H10N4O5. The fourth-order valence-electron chi connectivity index (χ4n) is 2.31. The first-order chi connectivity index (χ1) is 11.5. The number of nitrogens with zero attached hydrogens (tertiary/aromatic N) is 2. The summed E-state index contributed by atoms with van der Waals surface area (Å²) in [6, 6.07) is 9.68. The third kappa shape index (κ3) is 2.77. The van der Waals surface area contributed by atoms with Crippen LogP contribution in [0.1, 0.15) is 10.4 Å². The lowest BCUT2D eigenvalue weighted by Gasteiger charge is -2.04. The minimum Gasteiger partial charge on any atom is -0.360 e. The van der Waals surface area contributed by atoms with Gasteiger partial charge in [0.15, 0.2) is 0 Å². The summed E-state index contributed by atoms with van der Waals surface area (Å²) in [5, 5.41) is 24.6. The standard InChI is InChI=1S/C15H10N4O5/c20-15(17-9-2-1-3-10(6-9)18(21)22)13-8-16-14-7-11(19(23)24)4-5-12(13)14/h1-8,16H,(H,17,20). The van der Waals surface area contributed by atoms with E-state index in [4.69, 9.17) is 0 Å². The van der Waals surface area contributed by atoms with Crippen LogP contribution < -0.4 is 5.32 Å². The van der Waals surface area contributed by atoms with Gasteiger partial charge in [-0.25, -0.2) is 0 Å². The first-order valence-corrected chi connectivity index (χ1v) is 6.77. The monoisotopic (exact) mass is 326 g/mol. The molecule has 0 bridgehead atoms. The van der Waals surface area contributed by atoms with E-state index in [0.29, 0.717) is 10.9 Å². The highest BCUT2D eigenvalue weighted by Crippen LogP contribution is 2.24. The highest BCUT2D eigenvalue weighted by atomic mass is 16.6. The number of anilines is 1. The fraction of sp³-hybridized carbons (Fsp3) is 0. The van der Waals surface area contributed by atoms with Crippen LogP contribution in [0.2, 0.25) is 0 Å². The number of nitro groups is 2. The molecule has 0 aliphatic rings. The van der Waals surface area contributed by atoms with Gasteiger partial charge in [-0.05, 0) is 12.1 Å². The first kappa shape index (κ1) is 15.2. The topological polar surface area (TPSA) is 131 Å². The quantitative estimate of drug-likeness (QED) is 0.561. The summed E-state index contributed by atoms with van der Waals surface area (Å²) in [7, 11) is 0. The average Bonchev–Trinajstić information content (AvgIpc) is 2.98. The van der Waals surface area contributed by atoms with Gasteiger partial charge < -0.3 is 10.3 Å². The molecule has 120 valence electrons. The van der Waals surface area contributed by atoms with Crippen molar-refractivity contribution in [2.45, 2.75) is 0 Å². The van der Waals surface area contributed by atoms with E-state index >= 15 is 0 Å². The Bertz CT molecular complexity index is 979. The van der Waals surface area contributed by atoms with Crippen molar-refractivity contribution in [3.8, 4) is 0 Å². The molecule has 0 spiro atoms. The third-order valence-corrected chi connectivity index (χ3v) is 3.44. The molecule has 0 atom stereocenters. The zero-order valence-electron chi connectivity index (χ0n) is 12.1. The van der Waals surface area contributed by atoms with E-state index in [9.17, 15) is 25.0 Å². The van der Waals surface area contributed by atoms with Crippen molar-refractivity contribution >= 4 is 33.9 Å². The molecular weight excluding hydrogens is 316 g/mol. The van der Waals surface area contributed by atoms with Crippen molar-refractivity contribution in [3.05, 3.63) is 74.5 Å². The van der Waals surface area contributed by atoms with E-state index in [-0.39, 0.29) is 22.6 Å². The normalized spacial score (nSPS) is 10.5. The highest BCUT2D eigenvalue weighted by Gasteiger charge is 2.16. The van der Waals surface area contributed by atoms with Crippen LogP contribution in [-0.2, 0) is 0 Å². The number of nitrogens with one attached hydrogen (secondary N) is 2. The number of hydrogen-bond acceptors (Lipinski definition) is 5. The van der Waals surface area contributed by atoms with Gasteiger partial charge in [0, 0.05) is 41.5 Å². The lowest BCUT2D eigenvalue weighted by atomic mass is 10.1. The fourth-order valence-corrected chi connectivity index (χ4v) is 2.31. The zero-order chi connectivity index (χ0) is 17.3. The second-order valence-electron chi connectivity index (χ2n) is 4.95. The molecule has 0 saturated heterocycles. The van der Waals surface area contributed by atoms with Crippen LogP contribution in [0, 0.1) is 20.2 Å². The van der Waals surface area contributed by atoms with Crippen LogP contribution >= 0.6 is 0 Å². The molecule has 0 aliphatic carbocycles. The van der Waals surface area contributed by atoms with E-state index in [0.717, 1.165) is 0 Å². The summed E-state index contributed by atoms with van der Waals surface area (Å²) in [6.07, 6.45) is 1.43. The molecule has 0 fully saturated rings. The van der Waals surface area contributed by atoms with E-state index in [1.807, 2.05) is 0 Å². The number of non-ortho nitro benzene ring substituents is 2. The zero-order valence-corrected chi connectivity index (χ0v) is 12.1. The molecule has 0 radical (unpaired) electrons. The Balaban J connectivity index is 1.90. The molecule has 9 nitrogen and oxygen atoms in total. The number of carbonyl (C=O) groups is 1. The predicted molar refractivity (Wildman–Crippen MR) is 86.0 cm³/mol. The molecule has 2 aromatic carbocycles. The number of amides is 1. The Labute approximate surface area is 134 Å². The molecule has 0 aliphatic heterocycles. The molecule has 0 saturated carbocycles. The molecule has 1 heterocycles. The summed E-state index contributed by atoms with van der Waals surface area (Å²) >= 11 is 0. The van der Waals surface area contributed by atoms with Crippen molar-refractivity contribution in [1.82, 2.24) is 4.98 Å². The first-order valence-electron chi connectivity index (χ1n) is 6.77. The summed E-state index contributed by atoms with van der Waals surface area (Å²) in [4.78, 5) is 35.6. The van der Waals surface area contributed by atoms with Crippen molar-refractivity contribution in [1.29, 1.82) is 0 Å². The third-order valence-electron chi connectivity index (χ3n) is 3.44. The van der Waals surface area contributed by atoms with Gasteiger partial charge in [0.2, 0.25) is 0 Å². The Hall–Kier alpha value is -3.75. The van der Waals surface area contributed by atoms with Crippen LogP contribution in [0.25, 0.3) is 10.9 Å². The van der Waals surface area contributed by atoms with E-state index < -0.39 is 15.8 Å². The van der Waals surface area contributed by atoms with E-state index in [1.165, 1.54) is 48.7 Å². The minimum atomic E-state index is -0.555. The van der Waals surface area contributed by atoms with Gasteiger partial charge in [-0.2, -0.15) is 0 Å². The second-order valence-corrected chi connectivity index (χ2v) is 4.95. The number of rotatable bonds is 4. The maximum absolute atomic E-state index is 12.4. The van der Waals surface area contributed by atoms with Crippen LogP contribution in [0.3, 0.4) is 0 Å². The number of H-pyrrole nitrogens is 1. The number of fused-ring (bicyclic) bond motifs is 1. The van der Waals surface area contributed by atoms with Gasteiger partial charge >= 0.3 is 0 Å². The van der Waals surface area contributed by atoms with Crippen LogP contribution in [0.4, 0.5) is 17.1 Å². The molecule has 1 aromatic heterocycles. The van der Waals surface area contributed by atoms with Crippen molar-refractivity contribution in [2.75, 3.05) is 5.32 Å². The Morgan fingerprint density at radius 2 is 1.71 bits per heavy atom. The molecule has 2 N–H and O–H groups in total. The lowest BCUT2D eigenvalue weighted by Crippen LogP contribution is -2.11. The van der Waals surface area contributed by atoms with Gasteiger partial charge in [0.05, 0.1) is 20.9 Å². The largest absolute Gasteiger partial charge is 0.360 e. The lowest BCUT2D eigenvalue weighted by molar-refractivity contribution is -0.384. The van der Waals surface area contributed by atoms with Crippen LogP contribution in [0.15, 0.2) is 48.7 Å². The Morgan fingerprint density at radius 1 is 1.00 bits per heavy atom. The molecule has 3 rings (SSSR count). The molecule has 24 heavy (non-hydrogen) atoms. The minimum absolute atomic E-state index is 0.0880. The average molecular weight is 326 g/mol. The molecule has 3 aromatic rings. The Morgan fingerprint density at radius 3 is 2.42 bits per heavy atom.